The van der Waals surface area contributed by atoms with E-state index in [2.05, 4.69) is 50.1 Å². The van der Waals surface area contributed by atoms with Crippen molar-refractivity contribution in [1.29, 1.82) is 0 Å². The molecule has 94 valence electrons. The van der Waals surface area contributed by atoms with Crippen molar-refractivity contribution < 1.29 is 0 Å². The fourth-order valence-electron chi connectivity index (χ4n) is 3.16. The highest BCUT2D eigenvalue weighted by Crippen LogP contribution is 2.43. The molecule has 2 atom stereocenters. The van der Waals surface area contributed by atoms with Crippen LogP contribution in [0, 0.1) is 0 Å². The SMILES string of the molecule is CCN(C)C1(CN)CCC(C)c2ccccc21. The van der Waals surface area contributed by atoms with Gasteiger partial charge in [0.2, 0.25) is 0 Å². The first-order valence-corrected chi connectivity index (χ1v) is 6.66. The fourth-order valence-corrected chi connectivity index (χ4v) is 3.16. The lowest BCUT2D eigenvalue weighted by atomic mass is 9.71. The Labute approximate surface area is 105 Å². The van der Waals surface area contributed by atoms with E-state index in [0.29, 0.717) is 12.5 Å². The minimum absolute atomic E-state index is 0.0534. The van der Waals surface area contributed by atoms with E-state index in [9.17, 15) is 0 Å². The topological polar surface area (TPSA) is 29.3 Å². The van der Waals surface area contributed by atoms with Crippen LogP contribution in [0.5, 0.6) is 0 Å². The lowest BCUT2D eigenvalue weighted by molar-refractivity contribution is 0.106. The molecule has 0 heterocycles. The zero-order valence-electron chi connectivity index (χ0n) is 11.2. The Kier molecular flexibility index (Phi) is 3.55. The molecule has 0 saturated heterocycles. The maximum Gasteiger partial charge on any atom is 0.0584 e. The standard InChI is InChI=1S/C15H24N2/c1-4-17(3)15(11-16)10-9-12(2)13-7-5-6-8-14(13)15/h5-8,12H,4,9-11,16H2,1-3H3. The van der Waals surface area contributed by atoms with Crippen molar-refractivity contribution in [2.45, 2.75) is 38.1 Å². The number of nitrogens with zero attached hydrogens (tertiary/aromatic N) is 1. The van der Waals surface area contributed by atoms with Crippen molar-refractivity contribution >= 4 is 0 Å². The second-order valence-corrected chi connectivity index (χ2v) is 5.28. The van der Waals surface area contributed by atoms with Crippen LogP contribution in [0.1, 0.15) is 43.7 Å². The van der Waals surface area contributed by atoms with Crippen LogP contribution in [-0.2, 0) is 5.54 Å². The van der Waals surface area contributed by atoms with Crippen LogP contribution in [-0.4, -0.2) is 25.0 Å². The highest BCUT2D eigenvalue weighted by atomic mass is 15.2. The van der Waals surface area contributed by atoms with E-state index >= 15 is 0 Å². The molecule has 1 aromatic rings. The Hall–Kier alpha value is -0.860. The van der Waals surface area contributed by atoms with Gasteiger partial charge in [0.1, 0.15) is 0 Å². The number of fused-ring (bicyclic) bond motifs is 1. The average molecular weight is 232 g/mol. The maximum absolute atomic E-state index is 6.13. The molecule has 1 aliphatic rings. The van der Waals surface area contributed by atoms with Gasteiger partial charge in [-0.15, -0.1) is 0 Å². The number of likely N-dealkylation sites (N-methyl/N-ethyl adjacent to an activating group) is 1. The van der Waals surface area contributed by atoms with Crippen LogP contribution >= 0.6 is 0 Å². The minimum Gasteiger partial charge on any atom is -0.328 e. The van der Waals surface area contributed by atoms with Gasteiger partial charge < -0.3 is 5.73 Å². The molecule has 0 aromatic heterocycles. The van der Waals surface area contributed by atoms with Crippen LogP contribution in [0.15, 0.2) is 24.3 Å². The molecule has 0 saturated carbocycles. The molecule has 1 aliphatic carbocycles. The Morgan fingerprint density at radius 1 is 1.41 bits per heavy atom. The monoisotopic (exact) mass is 232 g/mol. The summed E-state index contributed by atoms with van der Waals surface area (Å²) in [6.07, 6.45) is 2.41. The van der Waals surface area contributed by atoms with Gasteiger partial charge in [0, 0.05) is 6.54 Å². The molecule has 0 amide bonds. The lowest BCUT2D eigenvalue weighted by Crippen LogP contribution is -2.51. The van der Waals surface area contributed by atoms with Crippen molar-refractivity contribution in [1.82, 2.24) is 4.90 Å². The summed E-state index contributed by atoms with van der Waals surface area (Å²) < 4.78 is 0. The van der Waals surface area contributed by atoms with Crippen LogP contribution in [0.2, 0.25) is 0 Å². The minimum atomic E-state index is 0.0534. The second-order valence-electron chi connectivity index (χ2n) is 5.28. The first-order valence-electron chi connectivity index (χ1n) is 6.66. The summed E-state index contributed by atoms with van der Waals surface area (Å²) in [4.78, 5) is 2.41. The second kappa shape index (κ2) is 4.79. The first-order chi connectivity index (χ1) is 8.15. The average Bonchev–Trinajstić information content (AvgIpc) is 2.39. The number of hydrogen-bond donors (Lipinski definition) is 1. The normalized spacial score (nSPS) is 28.2. The molecule has 2 unspecified atom stereocenters. The summed E-state index contributed by atoms with van der Waals surface area (Å²) in [7, 11) is 2.19. The van der Waals surface area contributed by atoms with Crippen molar-refractivity contribution in [3.05, 3.63) is 35.4 Å². The molecule has 1 aromatic carbocycles. The lowest BCUT2D eigenvalue weighted by Gasteiger charge is -2.46. The number of rotatable bonds is 3. The van der Waals surface area contributed by atoms with Gasteiger partial charge in [-0.1, -0.05) is 38.1 Å². The van der Waals surface area contributed by atoms with Gasteiger partial charge in [0.15, 0.2) is 0 Å². The molecular weight excluding hydrogens is 208 g/mol. The van der Waals surface area contributed by atoms with E-state index in [0.717, 1.165) is 6.54 Å². The van der Waals surface area contributed by atoms with E-state index < -0.39 is 0 Å². The Morgan fingerprint density at radius 2 is 2.12 bits per heavy atom. The summed E-state index contributed by atoms with van der Waals surface area (Å²) in [5.74, 6) is 0.663. The third-order valence-electron chi connectivity index (χ3n) is 4.53. The maximum atomic E-state index is 6.13. The third-order valence-corrected chi connectivity index (χ3v) is 4.53. The van der Waals surface area contributed by atoms with E-state index in [4.69, 9.17) is 5.73 Å². The van der Waals surface area contributed by atoms with Crippen molar-refractivity contribution in [3.8, 4) is 0 Å². The van der Waals surface area contributed by atoms with E-state index in [1.165, 1.54) is 24.0 Å². The Balaban J connectivity index is 2.53. The highest BCUT2D eigenvalue weighted by molar-refractivity contribution is 5.39. The largest absolute Gasteiger partial charge is 0.328 e. The molecule has 0 bridgehead atoms. The number of hydrogen-bond acceptors (Lipinski definition) is 2. The van der Waals surface area contributed by atoms with Crippen molar-refractivity contribution in [2.75, 3.05) is 20.1 Å². The molecule has 0 radical (unpaired) electrons. The van der Waals surface area contributed by atoms with Gasteiger partial charge in [-0.25, -0.2) is 0 Å². The van der Waals surface area contributed by atoms with E-state index in [1.54, 1.807) is 0 Å². The van der Waals surface area contributed by atoms with Gasteiger partial charge >= 0.3 is 0 Å². The van der Waals surface area contributed by atoms with Gasteiger partial charge in [-0.2, -0.15) is 0 Å². The zero-order chi connectivity index (χ0) is 12.5. The van der Waals surface area contributed by atoms with Gasteiger partial charge in [-0.3, -0.25) is 4.90 Å². The Bertz CT molecular complexity index is 388. The molecule has 2 rings (SSSR count). The van der Waals surface area contributed by atoms with Crippen molar-refractivity contribution in [3.63, 3.8) is 0 Å². The summed E-state index contributed by atoms with van der Waals surface area (Å²) in [5, 5.41) is 0. The highest BCUT2D eigenvalue weighted by Gasteiger charge is 2.39. The molecule has 0 spiro atoms. The quantitative estimate of drug-likeness (QED) is 0.868. The summed E-state index contributed by atoms with van der Waals surface area (Å²) in [6.45, 7) is 6.28. The summed E-state index contributed by atoms with van der Waals surface area (Å²) in [6, 6.07) is 8.83. The van der Waals surface area contributed by atoms with Crippen LogP contribution in [0.3, 0.4) is 0 Å². The molecule has 0 aliphatic heterocycles. The predicted octanol–water partition coefficient (Wildman–Crippen LogP) is 2.69. The zero-order valence-corrected chi connectivity index (χ0v) is 11.2. The van der Waals surface area contributed by atoms with Crippen LogP contribution in [0.4, 0.5) is 0 Å². The molecule has 2 heteroatoms. The molecule has 2 nitrogen and oxygen atoms in total. The van der Waals surface area contributed by atoms with E-state index in [1.807, 2.05) is 0 Å². The van der Waals surface area contributed by atoms with Gasteiger partial charge in [0.05, 0.1) is 5.54 Å². The fraction of sp³-hybridized carbons (Fsp3) is 0.600. The van der Waals surface area contributed by atoms with E-state index in [-0.39, 0.29) is 5.54 Å². The first kappa shape index (κ1) is 12.6. The molecular formula is C15H24N2. The van der Waals surface area contributed by atoms with Crippen LogP contribution in [0.25, 0.3) is 0 Å². The van der Waals surface area contributed by atoms with Crippen LogP contribution < -0.4 is 5.73 Å². The number of nitrogens with two attached hydrogens (primary N) is 1. The Morgan fingerprint density at radius 3 is 2.76 bits per heavy atom. The molecule has 2 N–H and O–H groups in total. The smallest absolute Gasteiger partial charge is 0.0584 e. The number of benzene rings is 1. The molecule has 0 fully saturated rings. The van der Waals surface area contributed by atoms with Crippen molar-refractivity contribution in [2.24, 2.45) is 5.73 Å². The summed E-state index contributed by atoms with van der Waals surface area (Å²) >= 11 is 0. The summed E-state index contributed by atoms with van der Waals surface area (Å²) in [5.41, 5.74) is 9.13. The predicted molar refractivity (Wildman–Crippen MR) is 73.1 cm³/mol. The van der Waals surface area contributed by atoms with Gasteiger partial charge in [-0.05, 0) is 43.5 Å². The molecule has 17 heavy (non-hydrogen) atoms. The van der Waals surface area contributed by atoms with Gasteiger partial charge in [0.25, 0.3) is 0 Å². The third kappa shape index (κ3) is 1.90.